The van der Waals surface area contributed by atoms with Crippen LogP contribution >= 0.6 is 11.8 Å². The Hall–Kier alpha value is -1.89. The van der Waals surface area contributed by atoms with Crippen LogP contribution in [0.2, 0.25) is 0 Å². The van der Waals surface area contributed by atoms with Gasteiger partial charge < -0.3 is 9.67 Å². The number of hydrogen-bond acceptors (Lipinski definition) is 5. The number of aromatic nitrogens is 4. The first-order valence-corrected chi connectivity index (χ1v) is 7.77. The van der Waals surface area contributed by atoms with Crippen molar-refractivity contribution in [2.45, 2.75) is 49.3 Å². The molecule has 0 fully saturated rings. The molecule has 0 aliphatic carbocycles. The van der Waals surface area contributed by atoms with Crippen molar-refractivity contribution in [1.82, 2.24) is 19.7 Å². The van der Waals surface area contributed by atoms with E-state index >= 15 is 0 Å². The Morgan fingerprint density at radius 3 is 2.95 bits per heavy atom. The van der Waals surface area contributed by atoms with Gasteiger partial charge in [0.25, 0.3) is 0 Å². The molecule has 21 heavy (non-hydrogen) atoms. The molecule has 110 valence electrons. The fraction of sp³-hybridized carbons (Fsp3) is 0.429. The standard InChI is InChI=1S/C14H16N4O2S/c1-9-6-7-10(13(19)20)12(15-9)21-14-17-16-11-5-3-2-4-8-18(11)14/h6-7H,2-5,8H2,1H3,(H,19,20). The van der Waals surface area contributed by atoms with Gasteiger partial charge in [0.1, 0.15) is 10.9 Å². The maximum Gasteiger partial charge on any atom is 0.338 e. The number of aromatic carboxylic acids is 1. The SMILES string of the molecule is Cc1ccc(C(=O)O)c(Sc2nnc3n2CCCCC3)n1. The van der Waals surface area contributed by atoms with Crippen LogP contribution in [0.25, 0.3) is 0 Å². The smallest absolute Gasteiger partial charge is 0.338 e. The number of aryl methyl sites for hydroxylation is 2. The van der Waals surface area contributed by atoms with Crippen LogP contribution in [0, 0.1) is 6.92 Å². The normalized spacial score (nSPS) is 14.5. The minimum atomic E-state index is -0.972. The largest absolute Gasteiger partial charge is 0.478 e. The van der Waals surface area contributed by atoms with Crippen LogP contribution in [-0.2, 0) is 13.0 Å². The van der Waals surface area contributed by atoms with Crippen LogP contribution in [-0.4, -0.2) is 30.8 Å². The van der Waals surface area contributed by atoms with Gasteiger partial charge in [-0.1, -0.05) is 6.42 Å². The zero-order chi connectivity index (χ0) is 14.8. The molecule has 1 aliphatic heterocycles. The molecule has 0 bridgehead atoms. The molecule has 2 aromatic rings. The Labute approximate surface area is 126 Å². The molecule has 3 rings (SSSR count). The molecule has 2 aromatic heterocycles. The highest BCUT2D eigenvalue weighted by atomic mass is 32.2. The fourth-order valence-corrected chi connectivity index (χ4v) is 3.41. The molecule has 0 spiro atoms. The van der Waals surface area contributed by atoms with Crippen molar-refractivity contribution in [2.75, 3.05) is 0 Å². The third-order valence-electron chi connectivity index (χ3n) is 3.49. The van der Waals surface area contributed by atoms with Gasteiger partial charge in [0.15, 0.2) is 5.16 Å². The van der Waals surface area contributed by atoms with Crippen LogP contribution in [0.4, 0.5) is 0 Å². The van der Waals surface area contributed by atoms with Gasteiger partial charge in [-0.3, -0.25) is 0 Å². The second kappa shape index (κ2) is 5.85. The lowest BCUT2D eigenvalue weighted by Gasteiger charge is -2.08. The van der Waals surface area contributed by atoms with Crippen LogP contribution < -0.4 is 0 Å². The Morgan fingerprint density at radius 1 is 1.29 bits per heavy atom. The highest BCUT2D eigenvalue weighted by molar-refractivity contribution is 7.99. The molecule has 6 nitrogen and oxygen atoms in total. The number of carboxylic acids is 1. The van der Waals surface area contributed by atoms with E-state index in [4.69, 9.17) is 0 Å². The highest BCUT2D eigenvalue weighted by Gasteiger charge is 2.19. The summed E-state index contributed by atoms with van der Waals surface area (Å²) >= 11 is 1.28. The second-order valence-electron chi connectivity index (χ2n) is 5.07. The lowest BCUT2D eigenvalue weighted by molar-refractivity contribution is 0.0692. The second-order valence-corrected chi connectivity index (χ2v) is 6.03. The third-order valence-corrected chi connectivity index (χ3v) is 4.48. The lowest BCUT2D eigenvalue weighted by atomic mass is 10.2. The average molecular weight is 304 g/mol. The molecular weight excluding hydrogens is 288 g/mol. The summed E-state index contributed by atoms with van der Waals surface area (Å²) in [6, 6.07) is 3.30. The van der Waals surface area contributed by atoms with E-state index in [1.54, 1.807) is 12.1 Å². The molecule has 3 heterocycles. The predicted molar refractivity (Wildman–Crippen MR) is 77.6 cm³/mol. The third kappa shape index (κ3) is 2.92. The Balaban J connectivity index is 1.96. The van der Waals surface area contributed by atoms with Gasteiger partial charge in [-0.25, -0.2) is 9.78 Å². The van der Waals surface area contributed by atoms with E-state index in [0.717, 1.165) is 42.5 Å². The Morgan fingerprint density at radius 2 is 2.14 bits per heavy atom. The van der Waals surface area contributed by atoms with E-state index in [1.807, 2.05) is 6.92 Å². The number of carbonyl (C=O) groups is 1. The number of nitrogens with zero attached hydrogens (tertiary/aromatic N) is 4. The van der Waals surface area contributed by atoms with Crippen molar-refractivity contribution in [3.05, 3.63) is 29.2 Å². The summed E-state index contributed by atoms with van der Waals surface area (Å²) in [7, 11) is 0. The first kappa shape index (κ1) is 14.1. The van der Waals surface area contributed by atoms with Gasteiger partial charge in [-0.05, 0) is 43.7 Å². The topological polar surface area (TPSA) is 80.9 Å². The summed E-state index contributed by atoms with van der Waals surface area (Å²) in [6.07, 6.45) is 4.36. The van der Waals surface area contributed by atoms with E-state index in [-0.39, 0.29) is 5.56 Å². The molecule has 0 aromatic carbocycles. The van der Waals surface area contributed by atoms with E-state index < -0.39 is 5.97 Å². The van der Waals surface area contributed by atoms with Gasteiger partial charge in [0.05, 0.1) is 5.56 Å². The zero-order valence-electron chi connectivity index (χ0n) is 11.7. The zero-order valence-corrected chi connectivity index (χ0v) is 12.6. The predicted octanol–water partition coefficient (Wildman–Crippen LogP) is 2.56. The number of fused-ring (bicyclic) bond motifs is 1. The summed E-state index contributed by atoms with van der Waals surface area (Å²) in [6.45, 7) is 2.74. The average Bonchev–Trinajstić information content (AvgIpc) is 2.68. The highest BCUT2D eigenvalue weighted by Crippen LogP contribution is 2.30. The summed E-state index contributed by atoms with van der Waals surface area (Å²) < 4.78 is 2.09. The van der Waals surface area contributed by atoms with Crippen molar-refractivity contribution in [1.29, 1.82) is 0 Å². The minimum absolute atomic E-state index is 0.205. The van der Waals surface area contributed by atoms with Crippen molar-refractivity contribution in [2.24, 2.45) is 0 Å². The molecule has 0 radical (unpaired) electrons. The Bertz CT molecular complexity index is 684. The maximum atomic E-state index is 11.3. The van der Waals surface area contributed by atoms with Crippen molar-refractivity contribution in [3.63, 3.8) is 0 Å². The number of carboxylic acid groups (broad SMARTS) is 1. The number of pyridine rings is 1. The van der Waals surface area contributed by atoms with Gasteiger partial charge in [-0.15, -0.1) is 10.2 Å². The summed E-state index contributed by atoms with van der Waals surface area (Å²) in [5.74, 6) is 0.0140. The quantitative estimate of drug-likeness (QED) is 0.938. The van der Waals surface area contributed by atoms with Gasteiger partial charge >= 0.3 is 5.97 Å². The van der Waals surface area contributed by atoms with Gasteiger partial charge in [0.2, 0.25) is 0 Å². The summed E-state index contributed by atoms with van der Waals surface area (Å²) in [5.41, 5.74) is 0.995. The van der Waals surface area contributed by atoms with E-state index in [9.17, 15) is 9.90 Å². The molecule has 0 amide bonds. The van der Waals surface area contributed by atoms with Crippen LogP contribution in [0.1, 0.15) is 41.1 Å². The van der Waals surface area contributed by atoms with Crippen molar-refractivity contribution < 1.29 is 9.90 Å². The van der Waals surface area contributed by atoms with Crippen molar-refractivity contribution in [3.8, 4) is 0 Å². The van der Waals surface area contributed by atoms with Crippen LogP contribution in [0.5, 0.6) is 0 Å². The molecule has 7 heteroatoms. The van der Waals surface area contributed by atoms with Crippen molar-refractivity contribution >= 4 is 17.7 Å². The molecule has 1 aliphatic rings. The molecule has 0 saturated carbocycles. The summed E-state index contributed by atoms with van der Waals surface area (Å²) in [5, 5.41) is 18.9. The lowest BCUT2D eigenvalue weighted by Crippen LogP contribution is -2.05. The van der Waals surface area contributed by atoms with Crippen LogP contribution in [0.3, 0.4) is 0 Å². The van der Waals surface area contributed by atoms with E-state index in [0.29, 0.717) is 5.03 Å². The minimum Gasteiger partial charge on any atom is -0.478 e. The first-order chi connectivity index (χ1) is 10.1. The first-order valence-electron chi connectivity index (χ1n) is 6.96. The van der Waals surface area contributed by atoms with Gasteiger partial charge in [0, 0.05) is 18.7 Å². The monoisotopic (exact) mass is 304 g/mol. The molecule has 0 unspecified atom stereocenters. The molecule has 0 atom stereocenters. The van der Waals surface area contributed by atoms with Crippen LogP contribution in [0.15, 0.2) is 22.3 Å². The Kier molecular flexibility index (Phi) is 3.92. The number of rotatable bonds is 3. The molecular formula is C14H16N4O2S. The van der Waals surface area contributed by atoms with E-state index in [1.165, 1.54) is 18.2 Å². The van der Waals surface area contributed by atoms with Gasteiger partial charge in [-0.2, -0.15) is 0 Å². The van der Waals surface area contributed by atoms with E-state index in [2.05, 4.69) is 19.7 Å². The fourth-order valence-electron chi connectivity index (χ4n) is 2.39. The number of hydrogen-bond donors (Lipinski definition) is 1. The summed E-state index contributed by atoms with van der Waals surface area (Å²) in [4.78, 5) is 15.7. The molecule has 1 N–H and O–H groups in total. The molecule has 0 saturated heterocycles. The maximum absolute atomic E-state index is 11.3.